The minimum Gasteiger partial charge on any atom is -0.369 e. The predicted octanol–water partition coefficient (Wildman–Crippen LogP) is 1.93. The number of rotatable bonds is 3. The van der Waals surface area contributed by atoms with Crippen molar-refractivity contribution in [2.24, 2.45) is 0 Å². The summed E-state index contributed by atoms with van der Waals surface area (Å²) in [4.78, 5) is 12.0. The highest BCUT2D eigenvalue weighted by Gasteiger charge is 2.27. The third-order valence-electron chi connectivity index (χ3n) is 2.79. The summed E-state index contributed by atoms with van der Waals surface area (Å²) in [5.41, 5.74) is 0.760. The zero-order valence-corrected chi connectivity index (χ0v) is 10.1. The molecule has 90 valence electrons. The summed E-state index contributed by atoms with van der Waals surface area (Å²) < 4.78 is 5.13. The molecular formula is C12H15N3O2. The van der Waals surface area contributed by atoms with Crippen LogP contribution in [0.2, 0.25) is 0 Å². The molecule has 0 atom stereocenters. The van der Waals surface area contributed by atoms with Gasteiger partial charge in [0.05, 0.1) is 17.4 Å². The highest BCUT2D eigenvalue weighted by atomic mass is 16.5. The fourth-order valence-corrected chi connectivity index (χ4v) is 1.44. The first kappa shape index (κ1) is 11.6. The van der Waals surface area contributed by atoms with E-state index >= 15 is 0 Å². The molecule has 0 spiro atoms. The third-order valence-corrected chi connectivity index (χ3v) is 2.79. The second-order valence-corrected chi connectivity index (χ2v) is 4.31. The highest BCUT2D eigenvalue weighted by molar-refractivity contribution is 6.03. The summed E-state index contributed by atoms with van der Waals surface area (Å²) in [6, 6.07) is 5.59. The van der Waals surface area contributed by atoms with Gasteiger partial charge in [0.1, 0.15) is 5.60 Å². The maximum Gasteiger partial charge on any atom is 0.256 e. The Bertz CT molecular complexity index is 545. The van der Waals surface area contributed by atoms with Crippen molar-refractivity contribution in [3.63, 3.8) is 0 Å². The van der Waals surface area contributed by atoms with Gasteiger partial charge < -0.3 is 10.1 Å². The number of amides is 1. The van der Waals surface area contributed by atoms with E-state index in [1.807, 2.05) is 18.2 Å². The number of carbonyl (C=O) groups excluding carboxylic acids is 1. The van der Waals surface area contributed by atoms with Gasteiger partial charge in [0.25, 0.3) is 5.91 Å². The summed E-state index contributed by atoms with van der Waals surface area (Å²) in [6.07, 6.45) is 1.69. The molecule has 0 radical (unpaired) electrons. The fraction of sp³-hybridized carbons (Fsp3) is 0.333. The Morgan fingerprint density at radius 3 is 2.94 bits per heavy atom. The Hall–Kier alpha value is -1.88. The number of nitrogens with zero attached hydrogens (tertiary/aromatic N) is 1. The van der Waals surface area contributed by atoms with E-state index in [2.05, 4.69) is 15.5 Å². The van der Waals surface area contributed by atoms with Crippen molar-refractivity contribution >= 4 is 22.5 Å². The Morgan fingerprint density at radius 2 is 2.24 bits per heavy atom. The van der Waals surface area contributed by atoms with Crippen LogP contribution in [0.4, 0.5) is 5.69 Å². The number of fused-ring (bicyclic) bond motifs is 1. The number of aromatic nitrogens is 2. The van der Waals surface area contributed by atoms with Gasteiger partial charge in [-0.05, 0) is 26.0 Å². The molecular weight excluding hydrogens is 218 g/mol. The second kappa shape index (κ2) is 4.18. The lowest BCUT2D eigenvalue weighted by molar-refractivity contribution is -0.133. The van der Waals surface area contributed by atoms with E-state index in [0.717, 1.165) is 16.6 Å². The van der Waals surface area contributed by atoms with Crippen molar-refractivity contribution in [3.8, 4) is 0 Å². The molecule has 2 rings (SSSR count). The van der Waals surface area contributed by atoms with Gasteiger partial charge in [0, 0.05) is 12.5 Å². The standard InChI is InChI=1S/C12H15N3O2/c1-12(2,17-3)11(16)14-9-5-4-6-10-8(9)7-13-15-10/h4-7H,1-3H3,(H,13,15)(H,14,16). The van der Waals surface area contributed by atoms with E-state index in [1.54, 1.807) is 20.0 Å². The average Bonchev–Trinajstić information content (AvgIpc) is 2.78. The quantitative estimate of drug-likeness (QED) is 0.851. The zero-order chi connectivity index (χ0) is 12.5. The van der Waals surface area contributed by atoms with Gasteiger partial charge in [-0.2, -0.15) is 5.10 Å². The van der Waals surface area contributed by atoms with Crippen LogP contribution < -0.4 is 5.32 Å². The van der Waals surface area contributed by atoms with E-state index < -0.39 is 5.60 Å². The lowest BCUT2D eigenvalue weighted by Crippen LogP contribution is -2.38. The van der Waals surface area contributed by atoms with Crippen LogP contribution in [0.1, 0.15) is 13.8 Å². The molecule has 5 nitrogen and oxygen atoms in total. The minimum absolute atomic E-state index is 0.186. The van der Waals surface area contributed by atoms with Crippen LogP contribution in [-0.2, 0) is 9.53 Å². The van der Waals surface area contributed by atoms with Gasteiger partial charge in [0.2, 0.25) is 0 Å². The number of ether oxygens (including phenoxy) is 1. The van der Waals surface area contributed by atoms with Crippen LogP contribution in [0.3, 0.4) is 0 Å². The lowest BCUT2D eigenvalue weighted by atomic mass is 10.1. The largest absolute Gasteiger partial charge is 0.369 e. The van der Waals surface area contributed by atoms with Crippen molar-refractivity contribution in [3.05, 3.63) is 24.4 Å². The van der Waals surface area contributed by atoms with Gasteiger partial charge >= 0.3 is 0 Å². The molecule has 5 heteroatoms. The maximum absolute atomic E-state index is 12.0. The second-order valence-electron chi connectivity index (χ2n) is 4.31. The summed E-state index contributed by atoms with van der Waals surface area (Å²) in [6.45, 7) is 3.44. The van der Waals surface area contributed by atoms with Gasteiger partial charge in [-0.3, -0.25) is 9.89 Å². The zero-order valence-electron chi connectivity index (χ0n) is 10.1. The van der Waals surface area contributed by atoms with Gasteiger partial charge in [-0.1, -0.05) is 6.07 Å². The SMILES string of the molecule is COC(C)(C)C(=O)Nc1cccc2[nH]ncc12. The predicted molar refractivity (Wildman–Crippen MR) is 65.8 cm³/mol. The van der Waals surface area contributed by atoms with E-state index in [9.17, 15) is 4.79 Å². The molecule has 0 fully saturated rings. The van der Waals surface area contributed by atoms with Crippen LogP contribution in [0.25, 0.3) is 10.9 Å². The van der Waals surface area contributed by atoms with Crippen LogP contribution >= 0.6 is 0 Å². The van der Waals surface area contributed by atoms with Crippen molar-refractivity contribution in [2.75, 3.05) is 12.4 Å². The number of hydrogen-bond acceptors (Lipinski definition) is 3. The fourth-order valence-electron chi connectivity index (χ4n) is 1.44. The number of benzene rings is 1. The molecule has 0 saturated carbocycles. The Balaban J connectivity index is 2.30. The first-order valence-corrected chi connectivity index (χ1v) is 5.33. The third kappa shape index (κ3) is 2.14. The lowest BCUT2D eigenvalue weighted by Gasteiger charge is -2.21. The number of hydrogen-bond donors (Lipinski definition) is 2. The summed E-state index contributed by atoms with van der Waals surface area (Å²) in [5.74, 6) is -0.186. The monoisotopic (exact) mass is 233 g/mol. The molecule has 1 heterocycles. The van der Waals surface area contributed by atoms with Crippen LogP contribution in [0, 0.1) is 0 Å². The van der Waals surface area contributed by atoms with Crippen LogP contribution in [0.5, 0.6) is 0 Å². The molecule has 2 aromatic rings. The van der Waals surface area contributed by atoms with E-state index in [0.29, 0.717) is 0 Å². The number of H-pyrrole nitrogens is 1. The first-order chi connectivity index (χ1) is 8.04. The molecule has 17 heavy (non-hydrogen) atoms. The van der Waals surface area contributed by atoms with Crippen molar-refractivity contribution in [1.82, 2.24) is 10.2 Å². The summed E-state index contributed by atoms with van der Waals surface area (Å²) in [5, 5.41) is 10.5. The topological polar surface area (TPSA) is 67.0 Å². The van der Waals surface area contributed by atoms with E-state index in [1.165, 1.54) is 7.11 Å². The van der Waals surface area contributed by atoms with Crippen LogP contribution in [0.15, 0.2) is 24.4 Å². The molecule has 0 aliphatic rings. The normalized spacial score (nSPS) is 11.7. The number of aromatic amines is 1. The molecule has 0 bridgehead atoms. The maximum atomic E-state index is 12.0. The van der Waals surface area contributed by atoms with Crippen LogP contribution in [-0.4, -0.2) is 28.8 Å². The van der Waals surface area contributed by atoms with Crippen molar-refractivity contribution in [1.29, 1.82) is 0 Å². The highest BCUT2D eigenvalue weighted by Crippen LogP contribution is 2.22. The molecule has 1 amide bonds. The molecule has 1 aromatic carbocycles. The van der Waals surface area contributed by atoms with Crippen molar-refractivity contribution < 1.29 is 9.53 Å². The minimum atomic E-state index is -0.855. The molecule has 0 aliphatic heterocycles. The van der Waals surface area contributed by atoms with E-state index in [-0.39, 0.29) is 5.91 Å². The number of carbonyl (C=O) groups is 1. The van der Waals surface area contributed by atoms with Gasteiger partial charge in [0.15, 0.2) is 0 Å². The number of methoxy groups -OCH3 is 1. The number of nitrogens with one attached hydrogen (secondary N) is 2. The van der Waals surface area contributed by atoms with Crippen molar-refractivity contribution in [2.45, 2.75) is 19.4 Å². The molecule has 0 saturated heterocycles. The number of anilines is 1. The molecule has 2 N–H and O–H groups in total. The summed E-state index contributed by atoms with van der Waals surface area (Å²) >= 11 is 0. The Labute approximate surface area is 99.2 Å². The van der Waals surface area contributed by atoms with Gasteiger partial charge in [-0.25, -0.2) is 0 Å². The Kier molecular flexibility index (Phi) is 2.85. The first-order valence-electron chi connectivity index (χ1n) is 5.33. The van der Waals surface area contributed by atoms with Gasteiger partial charge in [-0.15, -0.1) is 0 Å². The Morgan fingerprint density at radius 1 is 1.47 bits per heavy atom. The summed E-state index contributed by atoms with van der Waals surface area (Å²) in [7, 11) is 1.51. The smallest absolute Gasteiger partial charge is 0.256 e. The average molecular weight is 233 g/mol. The molecule has 0 aliphatic carbocycles. The molecule has 0 unspecified atom stereocenters. The van der Waals surface area contributed by atoms with E-state index in [4.69, 9.17) is 4.74 Å². The molecule has 1 aromatic heterocycles.